The Morgan fingerprint density at radius 2 is 2.14 bits per heavy atom. The van der Waals surface area contributed by atoms with E-state index in [0.29, 0.717) is 12.5 Å². The average molecular weight is 371 g/mol. The fourth-order valence-corrected chi connectivity index (χ4v) is 2.54. The maximum absolute atomic E-state index is 11.9. The third kappa shape index (κ3) is 6.93. The van der Waals surface area contributed by atoms with Crippen LogP contribution in [0.3, 0.4) is 0 Å². The second-order valence-corrected chi connectivity index (χ2v) is 6.28. The first-order valence-electron chi connectivity index (χ1n) is 7.37. The van der Waals surface area contributed by atoms with Crippen LogP contribution in [0.5, 0.6) is 0 Å². The lowest BCUT2D eigenvalue weighted by molar-refractivity contribution is -0.137. The van der Waals surface area contributed by atoms with E-state index in [4.69, 9.17) is 5.11 Å². The van der Waals surface area contributed by atoms with Crippen LogP contribution in [-0.4, -0.2) is 42.1 Å². The van der Waals surface area contributed by atoms with Crippen molar-refractivity contribution in [1.82, 2.24) is 10.2 Å². The second kappa shape index (κ2) is 9.46. The van der Waals surface area contributed by atoms with Crippen LogP contribution in [0.25, 0.3) is 0 Å². The van der Waals surface area contributed by atoms with E-state index in [0.717, 1.165) is 17.3 Å². The van der Waals surface area contributed by atoms with Crippen LogP contribution in [0, 0.1) is 5.92 Å². The summed E-state index contributed by atoms with van der Waals surface area (Å²) in [4.78, 5) is 23.8. The largest absolute Gasteiger partial charge is 0.481 e. The Morgan fingerprint density at radius 3 is 2.73 bits per heavy atom. The van der Waals surface area contributed by atoms with Crippen molar-refractivity contribution in [3.63, 3.8) is 0 Å². The number of carbonyl (C=O) groups is 2. The molecule has 0 aliphatic carbocycles. The maximum Gasteiger partial charge on any atom is 0.317 e. The van der Waals surface area contributed by atoms with Crippen molar-refractivity contribution in [2.24, 2.45) is 5.92 Å². The third-order valence-corrected chi connectivity index (χ3v) is 4.03. The van der Waals surface area contributed by atoms with Gasteiger partial charge in [-0.3, -0.25) is 4.79 Å². The minimum absolute atomic E-state index is 0.0425. The van der Waals surface area contributed by atoms with E-state index < -0.39 is 5.97 Å². The van der Waals surface area contributed by atoms with Crippen molar-refractivity contribution >= 4 is 27.9 Å². The summed E-state index contributed by atoms with van der Waals surface area (Å²) in [6.07, 6.45) is 1.82. The molecule has 0 radical (unpaired) electrons. The molecular weight excluding hydrogens is 348 g/mol. The van der Waals surface area contributed by atoms with E-state index >= 15 is 0 Å². The molecule has 1 unspecified atom stereocenters. The SMILES string of the molecule is CCC(CNC(=O)N(C)CCC(=O)O)Cc1cccc(Br)c1. The van der Waals surface area contributed by atoms with Gasteiger partial charge in [-0.1, -0.05) is 41.4 Å². The first kappa shape index (κ1) is 18.5. The summed E-state index contributed by atoms with van der Waals surface area (Å²) in [5.74, 6) is -0.549. The Morgan fingerprint density at radius 1 is 1.41 bits per heavy atom. The van der Waals surface area contributed by atoms with Crippen LogP contribution >= 0.6 is 15.9 Å². The zero-order chi connectivity index (χ0) is 16.5. The zero-order valence-electron chi connectivity index (χ0n) is 13.0. The molecule has 0 spiro atoms. The fourth-order valence-electron chi connectivity index (χ4n) is 2.09. The number of carboxylic acids is 1. The van der Waals surface area contributed by atoms with Gasteiger partial charge in [-0.25, -0.2) is 4.79 Å². The molecule has 5 nitrogen and oxygen atoms in total. The topological polar surface area (TPSA) is 69.6 Å². The Kier molecular flexibility index (Phi) is 7.95. The molecule has 0 aliphatic rings. The highest BCUT2D eigenvalue weighted by Crippen LogP contribution is 2.16. The van der Waals surface area contributed by atoms with Crippen LogP contribution in [-0.2, 0) is 11.2 Å². The number of hydrogen-bond donors (Lipinski definition) is 2. The molecule has 0 aliphatic heterocycles. The molecule has 0 aromatic heterocycles. The van der Waals surface area contributed by atoms with E-state index in [1.54, 1.807) is 7.05 Å². The molecule has 0 fully saturated rings. The summed E-state index contributed by atoms with van der Waals surface area (Å²) in [5.41, 5.74) is 1.23. The van der Waals surface area contributed by atoms with Crippen molar-refractivity contribution in [2.45, 2.75) is 26.2 Å². The van der Waals surface area contributed by atoms with E-state index in [9.17, 15) is 9.59 Å². The van der Waals surface area contributed by atoms with Crippen LogP contribution in [0.15, 0.2) is 28.7 Å². The van der Waals surface area contributed by atoms with Gasteiger partial charge in [-0.15, -0.1) is 0 Å². The molecule has 0 saturated heterocycles. The lowest BCUT2D eigenvalue weighted by Gasteiger charge is -2.20. The molecule has 1 aromatic carbocycles. The van der Waals surface area contributed by atoms with Gasteiger partial charge in [0.05, 0.1) is 6.42 Å². The van der Waals surface area contributed by atoms with Gasteiger partial charge in [0.15, 0.2) is 0 Å². The molecule has 1 atom stereocenters. The highest BCUT2D eigenvalue weighted by atomic mass is 79.9. The van der Waals surface area contributed by atoms with Crippen LogP contribution in [0.1, 0.15) is 25.3 Å². The Balaban J connectivity index is 2.43. The van der Waals surface area contributed by atoms with Crippen LogP contribution in [0.4, 0.5) is 4.79 Å². The highest BCUT2D eigenvalue weighted by Gasteiger charge is 2.13. The molecule has 0 saturated carbocycles. The third-order valence-electron chi connectivity index (χ3n) is 3.54. The van der Waals surface area contributed by atoms with Crippen molar-refractivity contribution < 1.29 is 14.7 Å². The molecule has 2 N–H and O–H groups in total. The predicted octanol–water partition coefficient (Wildman–Crippen LogP) is 3.13. The van der Waals surface area contributed by atoms with E-state index in [-0.39, 0.29) is 19.0 Å². The van der Waals surface area contributed by atoms with Gasteiger partial charge in [0.1, 0.15) is 0 Å². The predicted molar refractivity (Wildman–Crippen MR) is 89.9 cm³/mol. The number of nitrogens with one attached hydrogen (secondary N) is 1. The van der Waals surface area contributed by atoms with Crippen molar-refractivity contribution in [3.8, 4) is 0 Å². The van der Waals surface area contributed by atoms with Crippen LogP contribution in [0.2, 0.25) is 0 Å². The molecule has 2 amide bonds. The molecule has 22 heavy (non-hydrogen) atoms. The smallest absolute Gasteiger partial charge is 0.317 e. The number of rotatable bonds is 8. The summed E-state index contributed by atoms with van der Waals surface area (Å²) in [7, 11) is 1.60. The minimum atomic E-state index is -0.902. The quantitative estimate of drug-likeness (QED) is 0.738. The summed E-state index contributed by atoms with van der Waals surface area (Å²) < 4.78 is 1.05. The molecule has 122 valence electrons. The lowest BCUT2D eigenvalue weighted by Crippen LogP contribution is -2.40. The van der Waals surface area contributed by atoms with Crippen molar-refractivity contribution in [1.29, 1.82) is 0 Å². The van der Waals surface area contributed by atoms with Crippen molar-refractivity contribution in [3.05, 3.63) is 34.3 Å². The first-order valence-corrected chi connectivity index (χ1v) is 8.16. The number of hydrogen-bond acceptors (Lipinski definition) is 2. The van der Waals surface area contributed by atoms with Crippen LogP contribution < -0.4 is 5.32 Å². The number of urea groups is 1. The molecule has 0 heterocycles. The monoisotopic (exact) mass is 370 g/mol. The minimum Gasteiger partial charge on any atom is -0.481 e. The highest BCUT2D eigenvalue weighted by molar-refractivity contribution is 9.10. The summed E-state index contributed by atoms with van der Waals surface area (Å²) >= 11 is 3.46. The van der Waals surface area contributed by atoms with Gasteiger partial charge in [-0.2, -0.15) is 0 Å². The Hall–Kier alpha value is -1.56. The number of carbonyl (C=O) groups excluding carboxylic acids is 1. The van der Waals surface area contributed by atoms with Gasteiger partial charge in [0.2, 0.25) is 0 Å². The van der Waals surface area contributed by atoms with Crippen molar-refractivity contribution in [2.75, 3.05) is 20.1 Å². The second-order valence-electron chi connectivity index (χ2n) is 5.36. The van der Waals surface area contributed by atoms with E-state index in [2.05, 4.69) is 40.3 Å². The van der Waals surface area contributed by atoms with Gasteiger partial charge < -0.3 is 15.3 Å². The van der Waals surface area contributed by atoms with Gasteiger partial charge in [-0.05, 0) is 30.0 Å². The number of halogens is 1. The number of amides is 2. The number of benzene rings is 1. The van der Waals surface area contributed by atoms with Gasteiger partial charge in [0.25, 0.3) is 0 Å². The fraction of sp³-hybridized carbons (Fsp3) is 0.500. The summed E-state index contributed by atoms with van der Waals surface area (Å²) in [5, 5.41) is 11.5. The first-order chi connectivity index (χ1) is 10.4. The van der Waals surface area contributed by atoms with Gasteiger partial charge in [0, 0.05) is 24.6 Å². The van der Waals surface area contributed by atoms with E-state index in [1.165, 1.54) is 10.5 Å². The zero-order valence-corrected chi connectivity index (χ0v) is 14.6. The Bertz CT molecular complexity index is 508. The summed E-state index contributed by atoms with van der Waals surface area (Å²) in [6.45, 7) is 2.89. The maximum atomic E-state index is 11.9. The number of aliphatic carboxylic acids is 1. The molecule has 0 bridgehead atoms. The molecular formula is C16H23BrN2O3. The normalized spacial score (nSPS) is 11.8. The Labute approximate surface area is 139 Å². The standard InChI is InChI=1S/C16H23BrN2O3/c1-3-12(9-13-5-4-6-14(17)10-13)11-18-16(22)19(2)8-7-15(20)21/h4-6,10,12H,3,7-9,11H2,1-2H3,(H,18,22)(H,20,21). The van der Waals surface area contributed by atoms with Gasteiger partial charge >= 0.3 is 12.0 Å². The number of carboxylic acid groups (broad SMARTS) is 1. The molecule has 6 heteroatoms. The summed E-state index contributed by atoms with van der Waals surface area (Å²) in [6, 6.07) is 7.93. The number of nitrogens with zero attached hydrogens (tertiary/aromatic N) is 1. The van der Waals surface area contributed by atoms with E-state index in [1.807, 2.05) is 12.1 Å². The molecule has 1 rings (SSSR count). The lowest BCUT2D eigenvalue weighted by atomic mass is 9.97. The molecule has 1 aromatic rings. The average Bonchev–Trinajstić information content (AvgIpc) is 2.48.